The fourth-order valence-electron chi connectivity index (χ4n) is 3.54. The first-order valence-electron chi connectivity index (χ1n) is 8.98. The number of nitrogens with one attached hydrogen (secondary N) is 1. The number of hydrogen-bond donors (Lipinski definition) is 1. The number of methoxy groups -OCH3 is 1. The van der Waals surface area contributed by atoms with Gasteiger partial charge in [-0.1, -0.05) is 6.07 Å². The van der Waals surface area contributed by atoms with Crippen molar-refractivity contribution in [1.82, 2.24) is 15.1 Å². The Labute approximate surface area is 153 Å². The molecule has 0 spiro atoms. The van der Waals surface area contributed by atoms with Crippen molar-refractivity contribution in [2.45, 2.75) is 58.0 Å². The van der Waals surface area contributed by atoms with E-state index in [4.69, 9.17) is 4.74 Å². The molecule has 0 radical (unpaired) electrons. The van der Waals surface area contributed by atoms with Crippen molar-refractivity contribution in [3.63, 3.8) is 0 Å². The van der Waals surface area contributed by atoms with Crippen LogP contribution in [-0.2, 0) is 23.2 Å². The lowest BCUT2D eigenvalue weighted by Gasteiger charge is -2.28. The minimum Gasteiger partial charge on any atom is -0.494 e. The summed E-state index contributed by atoms with van der Waals surface area (Å²) in [6.07, 6.45) is 4.89. The molecule has 1 N–H and O–H groups in total. The van der Waals surface area contributed by atoms with E-state index in [-0.39, 0.29) is 29.7 Å². The zero-order valence-electron chi connectivity index (χ0n) is 15.8. The molecule has 6 heteroatoms. The highest BCUT2D eigenvalue weighted by atomic mass is 19.1. The van der Waals surface area contributed by atoms with E-state index < -0.39 is 5.82 Å². The summed E-state index contributed by atoms with van der Waals surface area (Å²) in [6.45, 7) is 6.38. The predicted molar refractivity (Wildman–Crippen MR) is 97.7 cm³/mol. The van der Waals surface area contributed by atoms with Gasteiger partial charge in [0.2, 0.25) is 5.91 Å². The quantitative estimate of drug-likeness (QED) is 0.909. The van der Waals surface area contributed by atoms with Gasteiger partial charge >= 0.3 is 0 Å². The normalized spacial score (nSPS) is 16.9. The number of carbonyl (C=O) groups is 1. The Morgan fingerprint density at radius 3 is 2.85 bits per heavy atom. The number of hydrogen-bond acceptors (Lipinski definition) is 3. The first kappa shape index (κ1) is 18.4. The van der Waals surface area contributed by atoms with Crippen LogP contribution in [0.25, 0.3) is 0 Å². The lowest BCUT2D eigenvalue weighted by Crippen LogP contribution is -2.33. The molecule has 0 unspecified atom stereocenters. The maximum atomic E-state index is 13.8. The number of rotatable bonds is 4. The Morgan fingerprint density at radius 1 is 1.42 bits per heavy atom. The molecule has 140 valence electrons. The maximum absolute atomic E-state index is 13.8. The summed E-state index contributed by atoms with van der Waals surface area (Å²) in [7, 11) is 1.42. The fraction of sp³-hybridized carbons (Fsp3) is 0.500. The third-order valence-corrected chi connectivity index (χ3v) is 4.73. The Kier molecular flexibility index (Phi) is 5.03. The Hall–Kier alpha value is -2.37. The molecule has 3 rings (SSSR count). The van der Waals surface area contributed by atoms with Crippen molar-refractivity contribution in [2.75, 3.05) is 7.11 Å². The van der Waals surface area contributed by atoms with Crippen LogP contribution in [0.1, 0.15) is 56.5 Å². The zero-order chi connectivity index (χ0) is 18.9. The van der Waals surface area contributed by atoms with Crippen molar-refractivity contribution in [1.29, 1.82) is 0 Å². The van der Waals surface area contributed by atoms with Crippen molar-refractivity contribution < 1.29 is 13.9 Å². The maximum Gasteiger partial charge on any atom is 0.224 e. The van der Waals surface area contributed by atoms with Gasteiger partial charge in [-0.15, -0.1) is 0 Å². The number of carbonyl (C=O) groups excluding carboxylic acids is 1. The van der Waals surface area contributed by atoms with E-state index in [0.29, 0.717) is 5.56 Å². The molecule has 0 fully saturated rings. The van der Waals surface area contributed by atoms with Gasteiger partial charge < -0.3 is 10.1 Å². The van der Waals surface area contributed by atoms with Gasteiger partial charge in [0.05, 0.1) is 31.3 Å². The second-order valence-electron chi connectivity index (χ2n) is 7.79. The third kappa shape index (κ3) is 3.74. The second-order valence-corrected chi connectivity index (χ2v) is 7.79. The molecule has 0 aliphatic heterocycles. The lowest BCUT2D eigenvalue weighted by molar-refractivity contribution is -0.121. The van der Waals surface area contributed by atoms with E-state index in [1.54, 1.807) is 12.1 Å². The number of amides is 1. The summed E-state index contributed by atoms with van der Waals surface area (Å²) in [5.74, 6) is -0.388. The first-order chi connectivity index (χ1) is 12.3. The molecule has 1 atom stereocenters. The van der Waals surface area contributed by atoms with E-state index in [2.05, 4.69) is 35.9 Å². The third-order valence-electron chi connectivity index (χ3n) is 4.73. The second kappa shape index (κ2) is 7.09. The van der Waals surface area contributed by atoms with Crippen LogP contribution in [0.4, 0.5) is 4.39 Å². The van der Waals surface area contributed by atoms with Gasteiger partial charge in [0.1, 0.15) is 0 Å². The monoisotopic (exact) mass is 359 g/mol. The summed E-state index contributed by atoms with van der Waals surface area (Å²) in [5.41, 5.74) is 2.84. The topological polar surface area (TPSA) is 56.1 Å². The fourth-order valence-corrected chi connectivity index (χ4v) is 3.54. The highest BCUT2D eigenvalue weighted by Crippen LogP contribution is 2.32. The van der Waals surface area contributed by atoms with Crippen LogP contribution in [0.3, 0.4) is 0 Å². The molecule has 1 aromatic heterocycles. The number of ether oxygens (including phenoxy) is 1. The molecule has 0 bridgehead atoms. The highest BCUT2D eigenvalue weighted by Gasteiger charge is 2.28. The standard InChI is InChI=1S/C20H26FN3O2/c1-20(2,3)24-17-7-5-6-16(14(17)12-22-24)23-19(25)11-13-8-9-18(26-4)15(21)10-13/h8-10,12,16H,5-7,11H2,1-4H3,(H,23,25)/t16-/m0/s1. The first-order valence-corrected chi connectivity index (χ1v) is 8.98. The van der Waals surface area contributed by atoms with Gasteiger partial charge in [-0.05, 0) is 57.7 Å². The van der Waals surface area contributed by atoms with E-state index >= 15 is 0 Å². The number of fused-ring (bicyclic) bond motifs is 1. The molecule has 1 amide bonds. The molecular weight excluding hydrogens is 333 g/mol. The van der Waals surface area contributed by atoms with Crippen molar-refractivity contribution in [2.24, 2.45) is 0 Å². The minimum absolute atomic E-state index is 0.0366. The molecule has 1 aliphatic carbocycles. The summed E-state index contributed by atoms with van der Waals surface area (Å²) < 4.78 is 20.8. The van der Waals surface area contributed by atoms with Crippen molar-refractivity contribution in [3.05, 3.63) is 47.0 Å². The van der Waals surface area contributed by atoms with E-state index in [0.717, 1.165) is 24.8 Å². The zero-order valence-corrected chi connectivity index (χ0v) is 15.8. The molecule has 2 aromatic rings. The average Bonchev–Trinajstić information content (AvgIpc) is 3.00. The highest BCUT2D eigenvalue weighted by molar-refractivity contribution is 5.79. The van der Waals surface area contributed by atoms with Crippen LogP contribution in [0.5, 0.6) is 5.75 Å². The Bertz CT molecular complexity index is 808. The smallest absolute Gasteiger partial charge is 0.224 e. The molecule has 1 aliphatic rings. The van der Waals surface area contributed by atoms with Gasteiger partial charge in [-0.25, -0.2) is 4.39 Å². The van der Waals surface area contributed by atoms with E-state index in [1.165, 1.54) is 18.9 Å². The minimum atomic E-state index is -0.454. The van der Waals surface area contributed by atoms with Crippen LogP contribution in [0, 0.1) is 5.82 Å². The summed E-state index contributed by atoms with van der Waals surface area (Å²) in [4.78, 5) is 12.5. The Balaban J connectivity index is 1.71. The molecule has 0 saturated heterocycles. The lowest BCUT2D eigenvalue weighted by atomic mass is 9.92. The van der Waals surface area contributed by atoms with Crippen LogP contribution in [-0.4, -0.2) is 22.8 Å². The van der Waals surface area contributed by atoms with Gasteiger partial charge in [0.25, 0.3) is 0 Å². The van der Waals surface area contributed by atoms with E-state index in [9.17, 15) is 9.18 Å². The number of halogens is 1. The molecule has 1 heterocycles. The average molecular weight is 359 g/mol. The Morgan fingerprint density at radius 2 is 2.19 bits per heavy atom. The molecular formula is C20H26FN3O2. The van der Waals surface area contributed by atoms with Crippen molar-refractivity contribution >= 4 is 5.91 Å². The SMILES string of the molecule is COc1ccc(CC(=O)N[C@H]2CCCc3c2cnn3C(C)(C)C)cc1F. The largest absolute Gasteiger partial charge is 0.494 e. The van der Waals surface area contributed by atoms with Gasteiger partial charge in [-0.2, -0.15) is 5.10 Å². The summed E-state index contributed by atoms with van der Waals surface area (Å²) in [6, 6.07) is 4.57. The van der Waals surface area contributed by atoms with Gasteiger partial charge in [0, 0.05) is 11.3 Å². The van der Waals surface area contributed by atoms with Gasteiger partial charge in [-0.3, -0.25) is 9.48 Å². The number of benzene rings is 1. The number of aromatic nitrogens is 2. The molecule has 1 aromatic carbocycles. The molecule has 5 nitrogen and oxygen atoms in total. The predicted octanol–water partition coefficient (Wildman–Crippen LogP) is 3.52. The molecule has 26 heavy (non-hydrogen) atoms. The molecule has 0 saturated carbocycles. The van der Waals surface area contributed by atoms with Crippen LogP contribution in [0.15, 0.2) is 24.4 Å². The number of nitrogens with zero attached hydrogens (tertiary/aromatic N) is 2. The van der Waals surface area contributed by atoms with Crippen LogP contribution < -0.4 is 10.1 Å². The summed E-state index contributed by atoms with van der Waals surface area (Å²) in [5, 5.41) is 7.63. The van der Waals surface area contributed by atoms with Crippen LogP contribution >= 0.6 is 0 Å². The van der Waals surface area contributed by atoms with Gasteiger partial charge in [0.15, 0.2) is 11.6 Å². The van der Waals surface area contributed by atoms with Crippen LogP contribution in [0.2, 0.25) is 0 Å². The summed E-state index contributed by atoms with van der Waals surface area (Å²) >= 11 is 0. The van der Waals surface area contributed by atoms with E-state index in [1.807, 2.05) is 6.20 Å². The van der Waals surface area contributed by atoms with Crippen molar-refractivity contribution in [3.8, 4) is 5.75 Å².